The molecule has 2 saturated heterocycles. The number of Topliss-reactive ketones (excluding diaryl/α,β-unsaturated/α-hetero) is 1. The Balaban J connectivity index is 1.61. The Morgan fingerprint density at radius 3 is 2.67 bits per heavy atom. The summed E-state index contributed by atoms with van der Waals surface area (Å²) in [6.07, 6.45) is 5.96. The molecule has 0 spiro atoms. The average molecular weight is 448 g/mol. The molecule has 0 radical (unpaired) electrons. The van der Waals surface area contributed by atoms with Gasteiger partial charge >= 0.3 is 0 Å². The molecule has 33 heavy (non-hydrogen) atoms. The van der Waals surface area contributed by atoms with Crippen LogP contribution in [0.1, 0.15) is 54.0 Å². The fourth-order valence-electron chi connectivity index (χ4n) is 5.27. The van der Waals surface area contributed by atoms with Gasteiger partial charge in [-0.15, -0.1) is 0 Å². The second-order valence-electron chi connectivity index (χ2n) is 9.05. The molecule has 6 heteroatoms. The predicted molar refractivity (Wildman–Crippen MR) is 124 cm³/mol. The minimum Gasteiger partial charge on any atom is -0.507 e. The van der Waals surface area contributed by atoms with E-state index in [1.807, 2.05) is 42.5 Å². The lowest BCUT2D eigenvalue weighted by Gasteiger charge is -2.27. The predicted octanol–water partition coefficient (Wildman–Crippen LogP) is 4.17. The number of rotatable bonds is 5. The summed E-state index contributed by atoms with van der Waals surface area (Å²) in [5, 5.41) is 11.4. The molecular formula is C27H29NO5. The summed E-state index contributed by atoms with van der Waals surface area (Å²) < 4.78 is 11.1. The topological polar surface area (TPSA) is 76.1 Å². The van der Waals surface area contributed by atoms with Crippen LogP contribution in [0.2, 0.25) is 0 Å². The number of ketones is 1. The Morgan fingerprint density at radius 1 is 1.09 bits per heavy atom. The third kappa shape index (κ3) is 4.04. The number of carbonyl (C=O) groups excluding carboxylic acids is 2. The Kier molecular flexibility index (Phi) is 5.94. The van der Waals surface area contributed by atoms with Crippen LogP contribution in [0.3, 0.4) is 0 Å². The Morgan fingerprint density at radius 2 is 1.91 bits per heavy atom. The van der Waals surface area contributed by atoms with Gasteiger partial charge in [0, 0.05) is 18.7 Å². The van der Waals surface area contributed by atoms with Crippen LogP contribution in [0.15, 0.2) is 48.0 Å². The van der Waals surface area contributed by atoms with Gasteiger partial charge in [-0.2, -0.15) is 0 Å². The number of benzene rings is 2. The van der Waals surface area contributed by atoms with Gasteiger partial charge in [-0.1, -0.05) is 24.3 Å². The summed E-state index contributed by atoms with van der Waals surface area (Å²) in [5.41, 5.74) is 3.93. The molecular weight excluding hydrogens is 418 g/mol. The highest BCUT2D eigenvalue weighted by Crippen LogP contribution is 2.41. The monoisotopic (exact) mass is 447 g/mol. The first-order valence-electron chi connectivity index (χ1n) is 11.7. The molecule has 5 rings (SSSR count). The number of aliphatic hydroxyl groups excluding tert-OH is 1. The van der Waals surface area contributed by atoms with E-state index < -0.39 is 17.7 Å². The Hall–Kier alpha value is -3.12. The fourth-order valence-corrected chi connectivity index (χ4v) is 5.27. The van der Waals surface area contributed by atoms with Gasteiger partial charge in [-0.05, 0) is 73.4 Å². The van der Waals surface area contributed by atoms with E-state index in [9.17, 15) is 14.7 Å². The lowest BCUT2D eigenvalue weighted by atomic mass is 9.88. The number of ether oxygens (including phenoxy) is 2. The van der Waals surface area contributed by atoms with Crippen molar-refractivity contribution < 1.29 is 24.2 Å². The van der Waals surface area contributed by atoms with Gasteiger partial charge in [0.15, 0.2) is 0 Å². The van der Waals surface area contributed by atoms with E-state index in [2.05, 4.69) is 0 Å². The van der Waals surface area contributed by atoms with Crippen molar-refractivity contribution in [2.45, 2.75) is 50.7 Å². The second-order valence-corrected chi connectivity index (χ2v) is 9.05. The number of amides is 1. The van der Waals surface area contributed by atoms with Crippen molar-refractivity contribution in [3.05, 3.63) is 70.3 Å². The Bertz CT molecular complexity index is 1120. The summed E-state index contributed by atoms with van der Waals surface area (Å²) in [4.78, 5) is 28.0. The molecule has 1 N–H and O–H groups in total. The van der Waals surface area contributed by atoms with Gasteiger partial charge in [-0.25, -0.2) is 0 Å². The highest BCUT2D eigenvalue weighted by atomic mass is 16.5. The van der Waals surface area contributed by atoms with Gasteiger partial charge in [0.05, 0.1) is 24.8 Å². The van der Waals surface area contributed by atoms with E-state index in [0.717, 1.165) is 37.7 Å². The number of carbonyl (C=O) groups is 2. The van der Waals surface area contributed by atoms with E-state index in [-0.39, 0.29) is 17.4 Å². The van der Waals surface area contributed by atoms with Crippen LogP contribution < -0.4 is 4.74 Å². The number of aryl methyl sites for hydroxylation is 2. The molecule has 2 aromatic carbocycles. The van der Waals surface area contributed by atoms with Crippen LogP contribution >= 0.6 is 0 Å². The minimum absolute atomic E-state index is 0.111. The van der Waals surface area contributed by atoms with E-state index in [1.54, 1.807) is 12.0 Å². The largest absolute Gasteiger partial charge is 0.507 e. The molecule has 2 aromatic rings. The third-order valence-corrected chi connectivity index (χ3v) is 7.00. The molecule has 0 saturated carbocycles. The van der Waals surface area contributed by atoms with Crippen LogP contribution in [0, 0.1) is 0 Å². The first-order valence-corrected chi connectivity index (χ1v) is 11.7. The fraction of sp³-hybridized carbons (Fsp3) is 0.407. The third-order valence-electron chi connectivity index (χ3n) is 7.00. The summed E-state index contributed by atoms with van der Waals surface area (Å²) >= 11 is 0. The zero-order valence-corrected chi connectivity index (χ0v) is 18.9. The van der Waals surface area contributed by atoms with Gasteiger partial charge in [0.1, 0.15) is 11.5 Å². The number of nitrogens with zero attached hydrogens (tertiary/aromatic N) is 1. The summed E-state index contributed by atoms with van der Waals surface area (Å²) in [5.74, 6) is -0.748. The van der Waals surface area contributed by atoms with Crippen LogP contribution in [0.25, 0.3) is 5.76 Å². The second kappa shape index (κ2) is 9.02. The van der Waals surface area contributed by atoms with E-state index in [1.165, 1.54) is 17.5 Å². The number of hydrogen-bond acceptors (Lipinski definition) is 5. The minimum atomic E-state index is -0.694. The maximum absolute atomic E-state index is 13.3. The number of aliphatic hydroxyl groups is 1. The van der Waals surface area contributed by atoms with Gasteiger partial charge in [-0.3, -0.25) is 9.59 Å². The van der Waals surface area contributed by atoms with Crippen molar-refractivity contribution in [3.63, 3.8) is 0 Å². The maximum atomic E-state index is 13.3. The van der Waals surface area contributed by atoms with Crippen molar-refractivity contribution in [1.82, 2.24) is 4.90 Å². The van der Waals surface area contributed by atoms with Crippen LogP contribution in [-0.4, -0.2) is 48.1 Å². The van der Waals surface area contributed by atoms with Gasteiger partial charge in [0.2, 0.25) is 0 Å². The molecule has 6 nitrogen and oxygen atoms in total. The van der Waals surface area contributed by atoms with E-state index >= 15 is 0 Å². The molecule has 1 amide bonds. The van der Waals surface area contributed by atoms with Gasteiger partial charge < -0.3 is 19.5 Å². The number of likely N-dealkylation sites (tertiary alicyclic amines) is 1. The SMILES string of the molecule is COc1cccc(C2/C(=C(/O)c3ccc4c(c3)CCCC4)C(=O)C(=O)N2CC2CCCO2)c1. The van der Waals surface area contributed by atoms with Crippen molar-refractivity contribution in [1.29, 1.82) is 0 Å². The molecule has 2 heterocycles. The molecule has 1 aliphatic carbocycles. The Labute approximate surface area is 193 Å². The highest BCUT2D eigenvalue weighted by molar-refractivity contribution is 6.46. The number of methoxy groups -OCH3 is 1. The number of fused-ring (bicyclic) bond motifs is 1. The molecule has 0 aromatic heterocycles. The molecule has 2 unspecified atom stereocenters. The summed E-state index contributed by atoms with van der Waals surface area (Å²) in [6.45, 7) is 0.973. The standard InChI is InChI=1S/C27H29NO5/c1-32-21-9-4-8-19(15-21)24-23(26(30)27(31)28(24)16-22-10-5-13-33-22)25(29)20-12-11-17-6-2-3-7-18(17)14-20/h4,8-9,11-12,14-15,22,24,29H,2-3,5-7,10,13,16H2,1H3/b25-23-. The normalized spacial score (nSPS) is 24.2. The van der Waals surface area contributed by atoms with Crippen molar-refractivity contribution in [2.75, 3.05) is 20.3 Å². The van der Waals surface area contributed by atoms with E-state index in [4.69, 9.17) is 9.47 Å². The molecule has 2 atom stereocenters. The van der Waals surface area contributed by atoms with E-state index in [0.29, 0.717) is 24.5 Å². The highest BCUT2D eigenvalue weighted by Gasteiger charge is 2.47. The van der Waals surface area contributed by atoms with Crippen molar-refractivity contribution in [3.8, 4) is 5.75 Å². The summed E-state index contributed by atoms with van der Waals surface area (Å²) in [6, 6.07) is 12.5. The van der Waals surface area contributed by atoms with Crippen LogP contribution in [-0.2, 0) is 27.2 Å². The van der Waals surface area contributed by atoms with Crippen molar-refractivity contribution in [2.24, 2.45) is 0 Å². The zero-order chi connectivity index (χ0) is 22.9. The number of hydrogen-bond donors (Lipinski definition) is 1. The van der Waals surface area contributed by atoms with Gasteiger partial charge in [0.25, 0.3) is 11.7 Å². The lowest BCUT2D eigenvalue weighted by Crippen LogP contribution is -2.36. The van der Waals surface area contributed by atoms with Crippen LogP contribution in [0.5, 0.6) is 5.75 Å². The zero-order valence-electron chi connectivity index (χ0n) is 18.9. The molecule has 2 aliphatic heterocycles. The molecule has 3 aliphatic rings. The molecule has 2 fully saturated rings. The first-order chi connectivity index (χ1) is 16.1. The lowest BCUT2D eigenvalue weighted by molar-refractivity contribution is -0.140. The molecule has 0 bridgehead atoms. The first kappa shape index (κ1) is 21.7. The smallest absolute Gasteiger partial charge is 0.295 e. The summed E-state index contributed by atoms with van der Waals surface area (Å²) in [7, 11) is 1.58. The maximum Gasteiger partial charge on any atom is 0.295 e. The van der Waals surface area contributed by atoms with Crippen LogP contribution in [0.4, 0.5) is 0 Å². The quantitative estimate of drug-likeness (QED) is 0.423. The van der Waals surface area contributed by atoms with Crippen molar-refractivity contribution >= 4 is 17.4 Å². The molecule has 172 valence electrons. The average Bonchev–Trinajstić information content (AvgIpc) is 3.45.